The van der Waals surface area contributed by atoms with E-state index in [1.807, 2.05) is 0 Å². The van der Waals surface area contributed by atoms with Crippen LogP contribution >= 0.6 is 15.9 Å². The fourth-order valence-electron chi connectivity index (χ4n) is 1.86. The van der Waals surface area contributed by atoms with Gasteiger partial charge in [-0.1, -0.05) is 18.2 Å². The second-order valence-corrected chi connectivity index (χ2v) is 7.15. The van der Waals surface area contributed by atoms with Crippen LogP contribution in [0.2, 0.25) is 0 Å². The van der Waals surface area contributed by atoms with Gasteiger partial charge in [-0.3, -0.25) is 10.1 Å². The van der Waals surface area contributed by atoms with Crippen molar-refractivity contribution in [3.05, 3.63) is 62.6 Å². The minimum atomic E-state index is -3.72. The molecule has 2 N–H and O–H groups in total. The van der Waals surface area contributed by atoms with E-state index in [0.29, 0.717) is 10.2 Å². The lowest BCUT2D eigenvalue weighted by Crippen LogP contribution is -2.08. The van der Waals surface area contributed by atoms with Gasteiger partial charge in [-0.2, -0.15) is 0 Å². The molecule has 0 atom stereocenters. The summed E-state index contributed by atoms with van der Waals surface area (Å²) < 4.78 is 25.2. The Morgan fingerprint density at radius 1 is 1.19 bits per heavy atom. The molecule has 2 aromatic rings. The summed E-state index contributed by atoms with van der Waals surface area (Å²) in [7, 11) is -3.72. The molecule has 0 aliphatic carbocycles. The van der Waals surface area contributed by atoms with E-state index < -0.39 is 20.5 Å². The summed E-state index contributed by atoms with van der Waals surface area (Å²) >= 11 is 3.15. The first-order valence-corrected chi connectivity index (χ1v) is 8.26. The first kappa shape index (κ1) is 15.5. The summed E-state index contributed by atoms with van der Waals surface area (Å²) in [6, 6.07) is 10.1. The van der Waals surface area contributed by atoms with E-state index in [-0.39, 0.29) is 16.1 Å². The largest absolute Gasteiger partial charge is 0.399 e. The summed E-state index contributed by atoms with van der Waals surface area (Å²) in [6.07, 6.45) is 0. The lowest BCUT2D eigenvalue weighted by Gasteiger charge is -2.08. The number of sulfone groups is 1. The van der Waals surface area contributed by atoms with Gasteiger partial charge in [-0.05, 0) is 34.1 Å². The van der Waals surface area contributed by atoms with Crippen LogP contribution in [0.25, 0.3) is 0 Å². The Kier molecular flexibility index (Phi) is 4.29. The zero-order valence-electron chi connectivity index (χ0n) is 10.7. The maximum atomic E-state index is 12.4. The van der Waals surface area contributed by atoms with Gasteiger partial charge in [0.25, 0.3) is 5.69 Å². The third-order valence-electron chi connectivity index (χ3n) is 2.82. The minimum Gasteiger partial charge on any atom is -0.399 e. The minimum absolute atomic E-state index is 0.0508. The topological polar surface area (TPSA) is 103 Å². The zero-order valence-corrected chi connectivity index (χ0v) is 13.1. The summed E-state index contributed by atoms with van der Waals surface area (Å²) in [5, 5.41) is 10.9. The molecule has 8 heteroatoms. The predicted octanol–water partition coefficient (Wildman–Crippen LogP) is 2.91. The fraction of sp³-hybridized carbons (Fsp3) is 0.0769. The normalized spacial score (nSPS) is 11.3. The number of nitrogens with zero attached hydrogens (tertiary/aromatic N) is 1. The van der Waals surface area contributed by atoms with Crippen LogP contribution in [0, 0.1) is 10.1 Å². The molecule has 0 unspecified atom stereocenters. The Morgan fingerprint density at radius 2 is 1.86 bits per heavy atom. The number of nitro benzene ring substituents is 1. The molecule has 2 rings (SSSR count). The average Bonchev–Trinajstić information content (AvgIpc) is 2.37. The number of rotatable bonds is 4. The van der Waals surface area contributed by atoms with Gasteiger partial charge in [0, 0.05) is 21.8 Å². The molecule has 0 spiro atoms. The molecule has 110 valence electrons. The highest BCUT2D eigenvalue weighted by Crippen LogP contribution is 2.29. The van der Waals surface area contributed by atoms with Gasteiger partial charge in [0.05, 0.1) is 15.6 Å². The molecule has 0 radical (unpaired) electrons. The highest BCUT2D eigenvalue weighted by atomic mass is 79.9. The molecule has 0 bridgehead atoms. The molecule has 21 heavy (non-hydrogen) atoms. The second-order valence-electron chi connectivity index (χ2n) is 4.33. The van der Waals surface area contributed by atoms with Crippen molar-refractivity contribution in [3.63, 3.8) is 0 Å². The zero-order chi connectivity index (χ0) is 15.6. The third-order valence-corrected chi connectivity index (χ3v) is 5.46. The monoisotopic (exact) mass is 370 g/mol. The summed E-state index contributed by atoms with van der Waals surface area (Å²) in [4.78, 5) is 10.4. The summed E-state index contributed by atoms with van der Waals surface area (Å²) in [6.45, 7) is 0. The van der Waals surface area contributed by atoms with Crippen molar-refractivity contribution in [2.24, 2.45) is 0 Å². The number of anilines is 1. The number of nitrogens with two attached hydrogens (primary N) is 1. The van der Waals surface area contributed by atoms with Crippen LogP contribution in [-0.2, 0) is 15.6 Å². The molecule has 0 fully saturated rings. The molecular weight excluding hydrogens is 360 g/mol. The number of halogens is 1. The van der Waals surface area contributed by atoms with Crippen molar-refractivity contribution in [2.45, 2.75) is 10.6 Å². The molecule has 0 heterocycles. The Labute approximate surface area is 129 Å². The Hall–Kier alpha value is -1.93. The van der Waals surface area contributed by atoms with Crippen molar-refractivity contribution in [3.8, 4) is 0 Å². The van der Waals surface area contributed by atoms with E-state index >= 15 is 0 Å². The highest BCUT2D eigenvalue weighted by Gasteiger charge is 2.23. The van der Waals surface area contributed by atoms with Crippen LogP contribution in [0.4, 0.5) is 11.4 Å². The first-order valence-electron chi connectivity index (χ1n) is 5.81. The molecule has 6 nitrogen and oxygen atoms in total. The number of hydrogen-bond acceptors (Lipinski definition) is 5. The molecular formula is C13H11BrN2O4S. The maximum Gasteiger partial charge on any atom is 0.273 e. The molecule has 0 amide bonds. The van der Waals surface area contributed by atoms with Gasteiger partial charge in [0.2, 0.25) is 0 Å². The van der Waals surface area contributed by atoms with Gasteiger partial charge < -0.3 is 5.73 Å². The Bertz CT molecular complexity index is 806. The standard InChI is InChI=1S/C13H11BrN2O4S/c14-11-7-10(15)5-6-13(11)21(19,20)8-9-3-1-2-4-12(9)16(17)18/h1-7H,8,15H2. The van der Waals surface area contributed by atoms with Crippen molar-refractivity contribution < 1.29 is 13.3 Å². The van der Waals surface area contributed by atoms with Crippen LogP contribution in [0.1, 0.15) is 5.56 Å². The maximum absolute atomic E-state index is 12.4. The SMILES string of the molecule is Nc1ccc(S(=O)(=O)Cc2ccccc2[N+](=O)[O-])c(Br)c1. The number of nitro groups is 1. The van der Waals surface area contributed by atoms with Gasteiger partial charge >= 0.3 is 0 Å². The summed E-state index contributed by atoms with van der Waals surface area (Å²) in [5.74, 6) is -0.452. The lowest BCUT2D eigenvalue weighted by molar-refractivity contribution is -0.385. The molecule has 2 aromatic carbocycles. The van der Waals surface area contributed by atoms with Crippen molar-refractivity contribution in [2.75, 3.05) is 5.73 Å². The smallest absolute Gasteiger partial charge is 0.273 e. The Morgan fingerprint density at radius 3 is 2.48 bits per heavy atom. The fourth-order valence-corrected chi connectivity index (χ4v) is 4.44. The van der Waals surface area contributed by atoms with E-state index in [0.717, 1.165) is 0 Å². The van der Waals surface area contributed by atoms with Crippen LogP contribution in [-0.4, -0.2) is 13.3 Å². The lowest BCUT2D eigenvalue weighted by atomic mass is 10.2. The van der Waals surface area contributed by atoms with E-state index in [4.69, 9.17) is 5.73 Å². The van der Waals surface area contributed by atoms with Crippen LogP contribution < -0.4 is 5.73 Å². The number of hydrogen-bond donors (Lipinski definition) is 1. The molecule has 0 aliphatic rings. The molecule has 0 saturated carbocycles. The number of nitrogen functional groups attached to an aromatic ring is 1. The number of benzene rings is 2. The van der Waals surface area contributed by atoms with Gasteiger partial charge in [0.15, 0.2) is 9.84 Å². The van der Waals surface area contributed by atoms with Gasteiger partial charge in [0.1, 0.15) is 0 Å². The molecule has 0 aromatic heterocycles. The Balaban J connectivity index is 2.45. The van der Waals surface area contributed by atoms with E-state index in [1.54, 1.807) is 6.07 Å². The quantitative estimate of drug-likeness (QED) is 0.506. The summed E-state index contributed by atoms with van der Waals surface area (Å²) in [5.41, 5.74) is 5.93. The highest BCUT2D eigenvalue weighted by molar-refractivity contribution is 9.10. The van der Waals surface area contributed by atoms with Crippen molar-refractivity contribution in [1.82, 2.24) is 0 Å². The van der Waals surface area contributed by atoms with E-state index in [9.17, 15) is 18.5 Å². The van der Waals surface area contributed by atoms with E-state index in [1.165, 1.54) is 36.4 Å². The predicted molar refractivity (Wildman–Crippen MR) is 82.5 cm³/mol. The molecule has 0 aliphatic heterocycles. The first-order chi connectivity index (χ1) is 9.81. The van der Waals surface area contributed by atoms with Crippen LogP contribution in [0.5, 0.6) is 0 Å². The average molecular weight is 371 g/mol. The number of para-hydroxylation sites is 1. The van der Waals surface area contributed by atoms with E-state index in [2.05, 4.69) is 15.9 Å². The van der Waals surface area contributed by atoms with Crippen molar-refractivity contribution in [1.29, 1.82) is 0 Å². The second kappa shape index (κ2) is 5.82. The van der Waals surface area contributed by atoms with Crippen LogP contribution in [0.15, 0.2) is 51.8 Å². The van der Waals surface area contributed by atoms with Crippen LogP contribution in [0.3, 0.4) is 0 Å². The van der Waals surface area contributed by atoms with Crippen molar-refractivity contribution >= 4 is 37.1 Å². The third kappa shape index (κ3) is 3.40. The van der Waals surface area contributed by atoms with Gasteiger partial charge in [-0.15, -0.1) is 0 Å². The molecule has 0 saturated heterocycles. The van der Waals surface area contributed by atoms with Gasteiger partial charge in [-0.25, -0.2) is 8.42 Å².